The Morgan fingerprint density at radius 3 is 2.80 bits per heavy atom. The molecule has 7 atom stereocenters. The lowest BCUT2D eigenvalue weighted by atomic mass is 9.47. The summed E-state index contributed by atoms with van der Waals surface area (Å²) in [4.78, 5) is 0. The van der Waals surface area contributed by atoms with Crippen molar-refractivity contribution in [1.29, 1.82) is 0 Å². The van der Waals surface area contributed by atoms with E-state index in [0.29, 0.717) is 16.7 Å². The second-order valence-electron chi connectivity index (χ2n) is 9.84. The number of H-pyrrole nitrogens is 1. The Labute approximate surface area is 151 Å². The fourth-order valence-electron chi connectivity index (χ4n) is 7.61. The molecule has 25 heavy (non-hydrogen) atoms. The number of aromatic amines is 1. The number of hydrogen-bond donors (Lipinski definition) is 2. The summed E-state index contributed by atoms with van der Waals surface area (Å²) in [7, 11) is 0. The van der Waals surface area contributed by atoms with Gasteiger partial charge in [-0.2, -0.15) is 5.10 Å². The minimum atomic E-state index is -0.0963. The quantitative estimate of drug-likeness (QED) is 0.720. The highest BCUT2D eigenvalue weighted by Crippen LogP contribution is 2.67. The molecule has 0 bridgehead atoms. The molecular formula is C22H32N2O. The molecule has 3 heteroatoms. The molecule has 0 radical (unpaired) electrons. The Kier molecular flexibility index (Phi) is 3.51. The first-order chi connectivity index (χ1) is 12.0. The smallest absolute Gasteiger partial charge is 0.0577 e. The number of rotatable bonds is 1. The molecule has 3 nitrogen and oxygen atoms in total. The largest absolute Gasteiger partial charge is 0.393 e. The molecule has 5 rings (SSSR count). The lowest BCUT2D eigenvalue weighted by molar-refractivity contribution is -0.0412. The van der Waals surface area contributed by atoms with Crippen molar-refractivity contribution in [2.24, 2.45) is 28.6 Å². The second-order valence-corrected chi connectivity index (χ2v) is 9.84. The highest BCUT2D eigenvalue weighted by Gasteiger charge is 2.58. The van der Waals surface area contributed by atoms with Crippen LogP contribution in [0.2, 0.25) is 0 Å². The van der Waals surface area contributed by atoms with Crippen LogP contribution in [0.5, 0.6) is 0 Å². The maximum atomic E-state index is 10.1. The van der Waals surface area contributed by atoms with E-state index in [1.54, 1.807) is 5.57 Å². The van der Waals surface area contributed by atoms with Gasteiger partial charge in [0.25, 0.3) is 0 Å². The zero-order chi connectivity index (χ0) is 17.2. The summed E-state index contributed by atoms with van der Waals surface area (Å²) >= 11 is 0. The third-order valence-electron chi connectivity index (χ3n) is 8.98. The first-order valence-corrected chi connectivity index (χ1v) is 10.4. The van der Waals surface area contributed by atoms with E-state index in [1.807, 2.05) is 6.20 Å². The number of nitrogens with zero attached hydrogens (tertiary/aromatic N) is 1. The molecule has 2 N–H and O–H groups in total. The number of aliphatic hydroxyl groups is 1. The van der Waals surface area contributed by atoms with E-state index in [4.69, 9.17) is 0 Å². The van der Waals surface area contributed by atoms with Gasteiger partial charge in [0.15, 0.2) is 0 Å². The van der Waals surface area contributed by atoms with Crippen molar-refractivity contribution >= 4 is 0 Å². The topological polar surface area (TPSA) is 48.9 Å². The van der Waals surface area contributed by atoms with Gasteiger partial charge < -0.3 is 5.11 Å². The van der Waals surface area contributed by atoms with Crippen LogP contribution in [0.4, 0.5) is 0 Å². The average molecular weight is 341 g/mol. The second kappa shape index (κ2) is 5.45. The molecule has 4 aliphatic rings. The molecule has 3 fully saturated rings. The molecule has 0 aromatic carbocycles. The third kappa shape index (κ3) is 2.17. The molecule has 1 aromatic heterocycles. The molecule has 1 aromatic rings. The van der Waals surface area contributed by atoms with Crippen LogP contribution in [0.25, 0.3) is 0 Å². The average Bonchev–Trinajstić information content (AvgIpc) is 3.22. The van der Waals surface area contributed by atoms with Gasteiger partial charge in [0.2, 0.25) is 0 Å². The third-order valence-corrected chi connectivity index (χ3v) is 8.98. The minimum Gasteiger partial charge on any atom is -0.393 e. The highest BCUT2D eigenvalue weighted by atomic mass is 16.3. The fourth-order valence-corrected chi connectivity index (χ4v) is 7.61. The van der Waals surface area contributed by atoms with E-state index in [-0.39, 0.29) is 6.10 Å². The maximum absolute atomic E-state index is 10.1. The lowest BCUT2D eigenvalue weighted by Crippen LogP contribution is -2.50. The summed E-state index contributed by atoms with van der Waals surface area (Å²) in [6.45, 7) is 5.09. The minimum absolute atomic E-state index is 0.0963. The normalized spacial score (nSPS) is 49.1. The summed E-state index contributed by atoms with van der Waals surface area (Å²) in [5, 5.41) is 17.6. The molecular weight excluding hydrogens is 308 g/mol. The van der Waals surface area contributed by atoms with E-state index in [9.17, 15) is 5.11 Å². The van der Waals surface area contributed by atoms with Crippen LogP contribution in [0, 0.1) is 28.6 Å². The van der Waals surface area contributed by atoms with Gasteiger partial charge in [-0.3, -0.25) is 5.10 Å². The van der Waals surface area contributed by atoms with Gasteiger partial charge in [-0.1, -0.05) is 25.5 Å². The van der Waals surface area contributed by atoms with Gasteiger partial charge in [-0.05, 0) is 86.0 Å². The SMILES string of the molecule is C[C@]12CC[C@H](O)CC1=CC[C@@H]1[C@@H]2CC[C@]2(C)C(c3ccn[nH]3)CC[C@@H]12. The van der Waals surface area contributed by atoms with Crippen LogP contribution in [-0.4, -0.2) is 21.4 Å². The van der Waals surface area contributed by atoms with E-state index in [1.165, 1.54) is 44.2 Å². The summed E-state index contributed by atoms with van der Waals surface area (Å²) in [5.41, 5.74) is 3.74. The van der Waals surface area contributed by atoms with Crippen LogP contribution in [0.15, 0.2) is 23.9 Å². The Hall–Kier alpha value is -1.09. The molecule has 0 spiro atoms. The first kappa shape index (κ1) is 16.1. The van der Waals surface area contributed by atoms with Crippen molar-refractivity contribution < 1.29 is 5.11 Å². The first-order valence-electron chi connectivity index (χ1n) is 10.4. The fraction of sp³-hybridized carbons (Fsp3) is 0.773. The molecule has 3 saturated carbocycles. The van der Waals surface area contributed by atoms with Crippen LogP contribution in [0.1, 0.15) is 76.8 Å². The predicted octanol–water partition coefficient (Wildman–Crippen LogP) is 4.82. The molecule has 0 saturated heterocycles. The molecule has 0 amide bonds. The van der Waals surface area contributed by atoms with E-state index >= 15 is 0 Å². The number of fused-ring (bicyclic) bond motifs is 5. The maximum Gasteiger partial charge on any atom is 0.0577 e. The molecule has 4 aliphatic carbocycles. The van der Waals surface area contributed by atoms with E-state index in [0.717, 1.165) is 30.6 Å². The monoisotopic (exact) mass is 340 g/mol. The summed E-state index contributed by atoms with van der Waals surface area (Å²) in [6, 6.07) is 2.20. The van der Waals surface area contributed by atoms with Crippen LogP contribution in [-0.2, 0) is 0 Å². The van der Waals surface area contributed by atoms with E-state index in [2.05, 4.69) is 36.2 Å². The van der Waals surface area contributed by atoms with Crippen LogP contribution >= 0.6 is 0 Å². The Morgan fingerprint density at radius 1 is 1.12 bits per heavy atom. The van der Waals surface area contributed by atoms with Crippen molar-refractivity contribution in [3.05, 3.63) is 29.6 Å². The van der Waals surface area contributed by atoms with Gasteiger partial charge in [0.05, 0.1) is 6.10 Å². The zero-order valence-electron chi connectivity index (χ0n) is 15.7. The van der Waals surface area contributed by atoms with Gasteiger partial charge in [-0.15, -0.1) is 0 Å². The van der Waals surface area contributed by atoms with Gasteiger partial charge in [0.1, 0.15) is 0 Å². The van der Waals surface area contributed by atoms with Crippen molar-refractivity contribution in [3.63, 3.8) is 0 Å². The molecule has 136 valence electrons. The summed E-state index contributed by atoms with van der Waals surface area (Å²) in [5.74, 6) is 3.18. The van der Waals surface area contributed by atoms with Gasteiger partial charge in [0, 0.05) is 17.8 Å². The molecule has 1 unspecified atom stereocenters. The van der Waals surface area contributed by atoms with Gasteiger partial charge >= 0.3 is 0 Å². The number of aliphatic hydroxyl groups excluding tert-OH is 1. The van der Waals surface area contributed by atoms with Crippen molar-refractivity contribution in [2.75, 3.05) is 0 Å². The Balaban J connectivity index is 1.47. The van der Waals surface area contributed by atoms with Crippen molar-refractivity contribution in [1.82, 2.24) is 10.2 Å². The Morgan fingerprint density at radius 2 is 2.00 bits per heavy atom. The number of allylic oxidation sites excluding steroid dienone is 1. The van der Waals surface area contributed by atoms with Crippen molar-refractivity contribution in [3.8, 4) is 0 Å². The number of hydrogen-bond acceptors (Lipinski definition) is 2. The van der Waals surface area contributed by atoms with Crippen LogP contribution < -0.4 is 0 Å². The lowest BCUT2D eigenvalue weighted by Gasteiger charge is -2.58. The highest BCUT2D eigenvalue weighted by molar-refractivity contribution is 5.26. The standard InChI is InChI=1S/C22H32N2O/c1-21-10-7-15(25)13-14(21)3-4-16-17-5-6-19(20-9-12-23-24-20)22(17,2)11-8-18(16)21/h3,9,12,15-19,25H,4-8,10-11,13H2,1-2H3,(H,23,24)/t15-,16-,17-,18-,19?,21-,22-/m0/s1. The van der Waals surface area contributed by atoms with Gasteiger partial charge in [-0.25, -0.2) is 0 Å². The zero-order valence-corrected chi connectivity index (χ0v) is 15.7. The van der Waals surface area contributed by atoms with E-state index < -0.39 is 0 Å². The van der Waals surface area contributed by atoms with Crippen LogP contribution in [0.3, 0.4) is 0 Å². The predicted molar refractivity (Wildman–Crippen MR) is 99.0 cm³/mol. The molecule has 0 aliphatic heterocycles. The van der Waals surface area contributed by atoms with Crippen molar-refractivity contribution in [2.45, 2.75) is 77.2 Å². The number of nitrogens with one attached hydrogen (secondary N) is 1. The molecule has 1 heterocycles. The number of aromatic nitrogens is 2. The Bertz CT molecular complexity index is 680. The summed E-state index contributed by atoms with van der Waals surface area (Å²) < 4.78 is 0. The summed E-state index contributed by atoms with van der Waals surface area (Å²) in [6.07, 6.45) is 14.1.